The lowest BCUT2D eigenvalue weighted by molar-refractivity contribution is -0.886. The largest absolute Gasteiger partial charge is 0.221 e. The second-order valence-electron chi connectivity index (χ2n) is 2.18. The minimum absolute atomic E-state index is 0.358. The molecule has 1 aromatic heterocycles. The van der Waals surface area contributed by atoms with Crippen molar-refractivity contribution < 1.29 is 4.81 Å². The van der Waals surface area contributed by atoms with Crippen LogP contribution in [0.4, 0.5) is 0 Å². The fourth-order valence-electron chi connectivity index (χ4n) is 0.754. The minimum Gasteiger partial charge on any atom is -0.221 e. The van der Waals surface area contributed by atoms with E-state index in [1.165, 1.54) is 23.6 Å². The van der Waals surface area contributed by atoms with Gasteiger partial charge in [0, 0.05) is 4.81 Å². The first-order chi connectivity index (χ1) is 5.79. The Morgan fingerprint density at radius 3 is 3.00 bits per heavy atom. The first-order valence-electron chi connectivity index (χ1n) is 3.19. The van der Waals surface area contributed by atoms with Gasteiger partial charge in [-0.15, -0.1) is 15.7 Å². The lowest BCUT2D eigenvalue weighted by atomic mass is 10.9. The molecule has 1 aromatic rings. The summed E-state index contributed by atoms with van der Waals surface area (Å²) in [5.74, 6) is 5.64. The van der Waals surface area contributed by atoms with Gasteiger partial charge in [-0.25, -0.2) is 4.98 Å². The summed E-state index contributed by atoms with van der Waals surface area (Å²) in [6.45, 7) is 0. The van der Waals surface area contributed by atoms with E-state index in [0.717, 1.165) is 0 Å². The highest BCUT2D eigenvalue weighted by Crippen LogP contribution is 2.05. The van der Waals surface area contributed by atoms with Crippen LogP contribution in [0.15, 0.2) is 35.4 Å². The van der Waals surface area contributed by atoms with Gasteiger partial charge in [0.05, 0.1) is 5.22 Å². The molecular weight excluding hydrogens is 160 g/mol. The molecule has 0 saturated carbocycles. The number of hydrogen-bond acceptors (Lipinski definition) is 6. The summed E-state index contributed by atoms with van der Waals surface area (Å²) < 4.78 is 0. The van der Waals surface area contributed by atoms with Gasteiger partial charge >= 0.3 is 0 Å². The molecule has 2 heterocycles. The van der Waals surface area contributed by atoms with Gasteiger partial charge in [0.2, 0.25) is 0 Å². The van der Waals surface area contributed by atoms with Crippen molar-refractivity contribution in [3.63, 3.8) is 0 Å². The molecule has 0 bridgehead atoms. The smallest absolute Gasteiger partial charge is 0.193 e. The van der Waals surface area contributed by atoms with Crippen LogP contribution in [0.5, 0.6) is 0 Å². The van der Waals surface area contributed by atoms with E-state index in [2.05, 4.69) is 26.0 Å². The Kier molecular flexibility index (Phi) is 1.35. The zero-order valence-electron chi connectivity index (χ0n) is 6.07. The van der Waals surface area contributed by atoms with E-state index < -0.39 is 0 Å². The van der Waals surface area contributed by atoms with Gasteiger partial charge in [0.25, 0.3) is 0 Å². The molecule has 0 aromatic carbocycles. The Labute approximate surface area is 67.5 Å². The minimum atomic E-state index is -0.358. The quantitative estimate of drug-likeness (QED) is 0.449. The second kappa shape index (κ2) is 2.36. The third-order valence-electron chi connectivity index (χ3n) is 1.24. The number of hydrogen-bond donors (Lipinski definition) is 2. The number of rotatable bonds is 2. The van der Waals surface area contributed by atoms with Gasteiger partial charge in [-0.2, -0.15) is 0 Å². The number of nitrogens with one attached hydrogen (secondary N) is 1. The molecule has 3 N–H and O–H groups in total. The lowest BCUT2D eigenvalue weighted by Gasteiger charge is -2.15. The molecule has 1 aliphatic heterocycles. The molecule has 12 heavy (non-hydrogen) atoms. The van der Waals surface area contributed by atoms with Crippen molar-refractivity contribution in [2.24, 2.45) is 16.2 Å². The van der Waals surface area contributed by atoms with E-state index in [-0.39, 0.29) is 4.81 Å². The van der Waals surface area contributed by atoms with Crippen LogP contribution in [0.3, 0.4) is 0 Å². The Morgan fingerprint density at radius 1 is 1.50 bits per heavy atom. The normalized spacial score (nSPS) is 26.4. The molecular formula is C4H7N8+. The van der Waals surface area contributed by atoms with Crippen molar-refractivity contribution in [3.05, 3.63) is 25.1 Å². The van der Waals surface area contributed by atoms with E-state index in [9.17, 15) is 0 Å². The molecule has 0 amide bonds. The molecule has 0 radical (unpaired) electrons. The van der Waals surface area contributed by atoms with Gasteiger partial charge in [-0.05, 0) is 0 Å². The fraction of sp³-hybridized carbons (Fsp3) is 0. The highest BCUT2D eigenvalue weighted by atomic mass is 16.1. The number of nitrogens with zero attached hydrogens (tertiary/aromatic N) is 6. The van der Waals surface area contributed by atoms with Gasteiger partial charge < -0.3 is 0 Å². The van der Waals surface area contributed by atoms with Crippen molar-refractivity contribution in [1.82, 2.24) is 14.9 Å². The summed E-state index contributed by atoms with van der Waals surface area (Å²) in [5.41, 5.74) is 2.71. The second-order valence-corrected chi connectivity index (χ2v) is 2.18. The van der Waals surface area contributed by atoms with Crippen LogP contribution in [0.25, 0.3) is 0 Å². The van der Waals surface area contributed by atoms with Crippen LogP contribution in [-0.2, 0) is 0 Å². The van der Waals surface area contributed by atoms with Crippen molar-refractivity contribution in [2.45, 2.75) is 0 Å². The number of aromatic nitrogens is 3. The van der Waals surface area contributed by atoms with E-state index >= 15 is 0 Å². The standard InChI is InChI=1S/C4H7N8/c5-12(2-1-7-9-12)10-11-4-6-3-8-11/h1-4,10H,5H2/q+1. The molecule has 2 rings (SSSR count). The molecule has 8 heteroatoms. The Hall–Kier alpha value is -1.80. The van der Waals surface area contributed by atoms with Crippen LogP contribution in [0, 0.1) is 0 Å². The zero-order valence-corrected chi connectivity index (χ0v) is 6.07. The first-order valence-corrected chi connectivity index (χ1v) is 3.19. The van der Waals surface area contributed by atoms with Crippen molar-refractivity contribution >= 4 is 0 Å². The van der Waals surface area contributed by atoms with Crippen LogP contribution < -0.4 is 11.4 Å². The average molecular weight is 167 g/mol. The molecule has 1 unspecified atom stereocenters. The third kappa shape index (κ3) is 1.15. The fourth-order valence-corrected chi connectivity index (χ4v) is 0.754. The topological polar surface area (TPSA) is 93.5 Å². The molecule has 0 fully saturated rings. The van der Waals surface area contributed by atoms with Gasteiger partial charge in [0.1, 0.15) is 18.9 Å². The zero-order chi connectivity index (χ0) is 8.44. The van der Waals surface area contributed by atoms with Crippen molar-refractivity contribution in [2.75, 3.05) is 5.53 Å². The molecule has 0 saturated heterocycles. The van der Waals surface area contributed by atoms with E-state index in [4.69, 9.17) is 5.84 Å². The maximum absolute atomic E-state index is 5.64. The third-order valence-corrected chi connectivity index (χ3v) is 1.24. The predicted molar refractivity (Wildman–Crippen MR) is 37.8 cm³/mol. The van der Waals surface area contributed by atoms with Crippen molar-refractivity contribution in [1.29, 1.82) is 0 Å². The highest BCUT2D eigenvalue weighted by Gasteiger charge is 2.24. The van der Waals surface area contributed by atoms with Crippen LogP contribution in [0.2, 0.25) is 0 Å². The molecule has 62 valence electrons. The SMILES string of the molecule is N[N+]1(Nn2cncn2)C=CN=N1. The summed E-state index contributed by atoms with van der Waals surface area (Å²) in [6.07, 6.45) is 5.90. The van der Waals surface area contributed by atoms with E-state index in [1.807, 2.05) is 0 Å². The molecule has 1 atom stereocenters. The summed E-state index contributed by atoms with van der Waals surface area (Å²) in [6, 6.07) is 0. The average Bonchev–Trinajstić information content (AvgIpc) is 2.62. The molecule has 0 spiro atoms. The number of quaternary nitrogens is 1. The van der Waals surface area contributed by atoms with Crippen LogP contribution >= 0.6 is 0 Å². The van der Waals surface area contributed by atoms with Gasteiger partial charge in [0.15, 0.2) is 6.20 Å². The first kappa shape index (κ1) is 6.88. The molecule has 1 aliphatic rings. The number of nitrogens with two attached hydrogens (primary N) is 1. The van der Waals surface area contributed by atoms with Gasteiger partial charge in [-0.3, -0.25) is 0 Å². The Bertz CT molecular complexity index is 298. The molecule has 8 nitrogen and oxygen atoms in total. The van der Waals surface area contributed by atoms with E-state index in [1.54, 1.807) is 6.20 Å². The van der Waals surface area contributed by atoms with E-state index in [0.29, 0.717) is 0 Å². The van der Waals surface area contributed by atoms with Crippen LogP contribution in [0.1, 0.15) is 0 Å². The lowest BCUT2D eigenvalue weighted by Crippen LogP contribution is -2.52. The summed E-state index contributed by atoms with van der Waals surface area (Å²) >= 11 is 0. The molecule has 0 aliphatic carbocycles. The summed E-state index contributed by atoms with van der Waals surface area (Å²) in [5, 5.41) is 11.0. The maximum atomic E-state index is 5.64. The monoisotopic (exact) mass is 167 g/mol. The Balaban J connectivity index is 2.13. The highest BCUT2D eigenvalue weighted by molar-refractivity contribution is 4.73. The predicted octanol–water partition coefficient (Wildman–Crippen LogP) is -0.721. The van der Waals surface area contributed by atoms with Crippen molar-refractivity contribution in [3.8, 4) is 0 Å². The van der Waals surface area contributed by atoms with Crippen LogP contribution in [-0.4, -0.2) is 19.7 Å². The Morgan fingerprint density at radius 2 is 2.42 bits per heavy atom. The maximum Gasteiger partial charge on any atom is 0.193 e. The summed E-state index contributed by atoms with van der Waals surface area (Å²) in [4.78, 5) is 4.71. The van der Waals surface area contributed by atoms with Gasteiger partial charge in [-0.1, -0.05) is 10.6 Å². The summed E-state index contributed by atoms with van der Waals surface area (Å²) in [7, 11) is 0.